The summed E-state index contributed by atoms with van der Waals surface area (Å²) in [5, 5.41) is 19.6. The fourth-order valence-corrected chi connectivity index (χ4v) is 5.79. The number of Topliss-reactive ketones (excluding diaryl/α,β-unsaturated/α-hetero) is 1. The van der Waals surface area contributed by atoms with E-state index in [9.17, 15) is 19.1 Å². The Morgan fingerprint density at radius 1 is 1.11 bits per heavy atom. The van der Waals surface area contributed by atoms with Crippen molar-refractivity contribution in [2.45, 2.75) is 16.1 Å². The van der Waals surface area contributed by atoms with Crippen LogP contribution >= 0.6 is 23.1 Å². The largest absolute Gasteiger partial charge is 0.507 e. The Hall–Kier alpha value is -4.09. The number of ether oxygens (including phenoxy) is 1. The van der Waals surface area contributed by atoms with Gasteiger partial charge in [-0.2, -0.15) is 0 Å². The Labute approximate surface area is 219 Å². The number of carbonyl (C=O) groups excluding carboxylic acids is 2. The van der Waals surface area contributed by atoms with Crippen LogP contribution in [0.4, 0.5) is 9.52 Å². The molecule has 0 spiro atoms. The predicted molar refractivity (Wildman–Crippen MR) is 138 cm³/mol. The summed E-state index contributed by atoms with van der Waals surface area (Å²) in [5.74, 6) is -1.50. The third kappa shape index (κ3) is 4.83. The first-order valence-electron chi connectivity index (χ1n) is 11.0. The van der Waals surface area contributed by atoms with E-state index in [0.29, 0.717) is 32.5 Å². The second-order valence-corrected chi connectivity index (χ2v) is 10.1. The van der Waals surface area contributed by atoms with Crippen LogP contribution in [0.2, 0.25) is 0 Å². The molecule has 186 valence electrons. The number of hydrogen-bond acceptors (Lipinski definition) is 9. The number of benzene rings is 2. The minimum Gasteiger partial charge on any atom is -0.507 e. The topological polar surface area (TPSA) is 106 Å². The van der Waals surface area contributed by atoms with Crippen LogP contribution in [0.15, 0.2) is 83.0 Å². The SMILES string of the molecule is COc1cccc(C2C(=C(O)c3ccncc3)C(=O)C(=O)N2c2nnc(SCc3ccccc3F)s2)c1. The van der Waals surface area contributed by atoms with E-state index >= 15 is 0 Å². The average molecular weight is 535 g/mol. The molecule has 1 saturated heterocycles. The van der Waals surface area contributed by atoms with Crippen molar-refractivity contribution in [3.63, 3.8) is 0 Å². The normalized spacial score (nSPS) is 16.8. The molecule has 0 radical (unpaired) electrons. The van der Waals surface area contributed by atoms with E-state index in [-0.39, 0.29) is 22.3 Å². The molecule has 11 heteroatoms. The zero-order valence-electron chi connectivity index (χ0n) is 19.4. The molecule has 0 bridgehead atoms. The summed E-state index contributed by atoms with van der Waals surface area (Å²) < 4.78 is 19.9. The van der Waals surface area contributed by atoms with Crippen LogP contribution in [0.1, 0.15) is 22.7 Å². The first-order valence-corrected chi connectivity index (χ1v) is 12.8. The second-order valence-electron chi connectivity index (χ2n) is 7.91. The maximum absolute atomic E-state index is 14.0. The highest BCUT2D eigenvalue weighted by molar-refractivity contribution is 8.00. The summed E-state index contributed by atoms with van der Waals surface area (Å²) >= 11 is 2.37. The van der Waals surface area contributed by atoms with Gasteiger partial charge in [-0.05, 0) is 41.5 Å². The lowest BCUT2D eigenvalue weighted by atomic mass is 9.95. The molecule has 1 aliphatic rings. The number of aromatic nitrogens is 3. The van der Waals surface area contributed by atoms with Gasteiger partial charge in [0.1, 0.15) is 17.3 Å². The van der Waals surface area contributed by atoms with Crippen LogP contribution in [0.5, 0.6) is 5.75 Å². The third-order valence-corrected chi connectivity index (χ3v) is 7.82. The Morgan fingerprint density at radius 2 is 1.89 bits per heavy atom. The summed E-state index contributed by atoms with van der Waals surface area (Å²) in [7, 11) is 1.51. The van der Waals surface area contributed by atoms with Crippen molar-refractivity contribution in [2.24, 2.45) is 0 Å². The van der Waals surface area contributed by atoms with E-state index in [4.69, 9.17) is 4.74 Å². The Morgan fingerprint density at radius 3 is 2.65 bits per heavy atom. The molecule has 1 aliphatic heterocycles. The van der Waals surface area contributed by atoms with Crippen molar-refractivity contribution in [3.05, 3.63) is 101 Å². The molecule has 1 fully saturated rings. The summed E-state index contributed by atoms with van der Waals surface area (Å²) in [6, 6.07) is 15.5. The highest BCUT2D eigenvalue weighted by Gasteiger charge is 2.48. The van der Waals surface area contributed by atoms with Gasteiger partial charge < -0.3 is 9.84 Å². The van der Waals surface area contributed by atoms with Crippen LogP contribution in [0.3, 0.4) is 0 Å². The van der Waals surface area contributed by atoms with Crippen molar-refractivity contribution in [1.29, 1.82) is 0 Å². The highest BCUT2D eigenvalue weighted by Crippen LogP contribution is 2.44. The maximum Gasteiger partial charge on any atom is 0.301 e. The van der Waals surface area contributed by atoms with Crippen LogP contribution in [-0.4, -0.2) is 39.1 Å². The number of anilines is 1. The molecule has 0 saturated carbocycles. The average Bonchev–Trinajstić information content (AvgIpc) is 3.50. The first-order chi connectivity index (χ1) is 18.0. The van der Waals surface area contributed by atoms with Crippen molar-refractivity contribution in [2.75, 3.05) is 12.0 Å². The quantitative estimate of drug-likeness (QED) is 0.116. The maximum atomic E-state index is 14.0. The first kappa shape index (κ1) is 24.6. The number of aliphatic hydroxyl groups is 1. The number of pyridine rings is 1. The van der Waals surface area contributed by atoms with Gasteiger partial charge in [-0.3, -0.25) is 19.5 Å². The molecule has 1 N–H and O–H groups in total. The number of hydrogen-bond donors (Lipinski definition) is 1. The number of rotatable bonds is 7. The van der Waals surface area contributed by atoms with Crippen molar-refractivity contribution in [1.82, 2.24) is 15.2 Å². The van der Waals surface area contributed by atoms with E-state index in [1.165, 1.54) is 42.2 Å². The Kier molecular flexibility index (Phi) is 6.97. The molecule has 2 aromatic carbocycles. The number of ketones is 1. The Bertz CT molecular complexity index is 1510. The van der Waals surface area contributed by atoms with E-state index in [2.05, 4.69) is 15.2 Å². The zero-order chi connectivity index (χ0) is 25.9. The predicted octanol–water partition coefficient (Wildman–Crippen LogP) is 5.00. The molecule has 8 nitrogen and oxygen atoms in total. The van der Waals surface area contributed by atoms with Gasteiger partial charge in [0.15, 0.2) is 4.34 Å². The molecule has 0 aliphatic carbocycles. The van der Waals surface area contributed by atoms with Gasteiger partial charge in [-0.25, -0.2) is 4.39 Å². The standard InChI is InChI=1S/C26H19FN4O4S2/c1-35-18-7-4-6-16(13-18)21-20(22(32)15-9-11-28-12-10-15)23(33)24(34)31(21)25-29-30-26(37-25)36-14-17-5-2-3-8-19(17)27/h2-13,21,32H,14H2,1H3. The van der Waals surface area contributed by atoms with Crippen molar-refractivity contribution < 1.29 is 23.8 Å². The van der Waals surface area contributed by atoms with Gasteiger partial charge in [0, 0.05) is 23.7 Å². The molecule has 1 amide bonds. The monoisotopic (exact) mass is 534 g/mol. The molecule has 3 heterocycles. The van der Waals surface area contributed by atoms with Gasteiger partial charge in [0.25, 0.3) is 5.78 Å². The van der Waals surface area contributed by atoms with E-state index < -0.39 is 17.7 Å². The van der Waals surface area contributed by atoms with Crippen LogP contribution in [0.25, 0.3) is 5.76 Å². The van der Waals surface area contributed by atoms with Gasteiger partial charge in [-0.1, -0.05) is 53.4 Å². The molecule has 5 rings (SSSR count). The minimum atomic E-state index is -0.972. The second kappa shape index (κ2) is 10.5. The molecule has 2 aromatic heterocycles. The smallest absolute Gasteiger partial charge is 0.301 e. The van der Waals surface area contributed by atoms with Crippen LogP contribution in [0, 0.1) is 5.82 Å². The molecular formula is C26H19FN4O4S2. The lowest BCUT2D eigenvalue weighted by Gasteiger charge is -2.22. The molecule has 1 atom stereocenters. The van der Waals surface area contributed by atoms with E-state index in [1.807, 2.05) is 0 Å². The van der Waals surface area contributed by atoms with E-state index in [0.717, 1.165) is 11.3 Å². The van der Waals surface area contributed by atoms with E-state index in [1.54, 1.807) is 54.6 Å². The number of aliphatic hydroxyl groups excluding tert-OH is 1. The fraction of sp³-hybridized carbons (Fsp3) is 0.115. The lowest BCUT2D eigenvalue weighted by Crippen LogP contribution is -2.29. The summed E-state index contributed by atoms with van der Waals surface area (Å²) in [6.45, 7) is 0. The van der Waals surface area contributed by atoms with Gasteiger partial charge >= 0.3 is 5.91 Å². The molecule has 1 unspecified atom stereocenters. The van der Waals surface area contributed by atoms with Crippen LogP contribution < -0.4 is 9.64 Å². The van der Waals surface area contributed by atoms with Crippen molar-refractivity contribution >= 4 is 45.7 Å². The summed E-state index contributed by atoms with van der Waals surface area (Å²) in [4.78, 5) is 31.7. The number of amides is 1. The number of nitrogens with zero attached hydrogens (tertiary/aromatic N) is 4. The van der Waals surface area contributed by atoms with Gasteiger partial charge in [0.05, 0.1) is 18.7 Å². The third-order valence-electron chi connectivity index (χ3n) is 5.72. The van der Waals surface area contributed by atoms with Gasteiger partial charge in [-0.15, -0.1) is 10.2 Å². The van der Waals surface area contributed by atoms with Gasteiger partial charge in [0.2, 0.25) is 5.13 Å². The molecular weight excluding hydrogens is 515 g/mol. The Balaban J connectivity index is 1.55. The minimum absolute atomic E-state index is 0.0831. The van der Waals surface area contributed by atoms with Crippen molar-refractivity contribution in [3.8, 4) is 5.75 Å². The summed E-state index contributed by atoms with van der Waals surface area (Å²) in [5.41, 5.74) is 1.32. The lowest BCUT2D eigenvalue weighted by molar-refractivity contribution is -0.132. The number of thioether (sulfide) groups is 1. The summed E-state index contributed by atoms with van der Waals surface area (Å²) in [6.07, 6.45) is 2.96. The van der Waals surface area contributed by atoms with Crippen LogP contribution in [-0.2, 0) is 15.3 Å². The number of methoxy groups -OCH3 is 1. The zero-order valence-corrected chi connectivity index (χ0v) is 21.0. The number of halogens is 1. The highest BCUT2D eigenvalue weighted by atomic mass is 32.2. The molecule has 37 heavy (non-hydrogen) atoms. The molecule has 4 aromatic rings. The number of carbonyl (C=O) groups is 2. The fourth-order valence-electron chi connectivity index (χ4n) is 3.94.